The van der Waals surface area contributed by atoms with E-state index in [9.17, 15) is 4.79 Å². The molecule has 0 unspecified atom stereocenters. The van der Waals surface area contributed by atoms with Gasteiger partial charge in [0.15, 0.2) is 0 Å². The van der Waals surface area contributed by atoms with E-state index in [0.29, 0.717) is 19.8 Å². The number of carbonyl (C=O) groups excluding carboxylic acids is 1. The van der Waals surface area contributed by atoms with E-state index in [1.54, 1.807) is 6.20 Å². The Morgan fingerprint density at radius 1 is 1.36 bits per heavy atom. The third-order valence-corrected chi connectivity index (χ3v) is 4.47. The average Bonchev–Trinajstić information content (AvgIpc) is 2.61. The van der Waals surface area contributed by atoms with Crippen molar-refractivity contribution in [2.75, 3.05) is 26.3 Å². The summed E-state index contributed by atoms with van der Waals surface area (Å²) in [6.45, 7) is 3.58. The number of likely N-dealkylation sites (tertiary alicyclic amines) is 1. The Hall–Kier alpha value is -1.46. The number of carbonyl (C=O) groups is 1. The molecule has 1 aromatic rings. The second kappa shape index (κ2) is 7.70. The minimum absolute atomic E-state index is 0.137. The van der Waals surface area contributed by atoms with E-state index in [0.717, 1.165) is 44.3 Å². The van der Waals surface area contributed by atoms with Crippen LogP contribution in [-0.2, 0) is 20.9 Å². The minimum atomic E-state index is 0.137. The molecule has 3 heterocycles. The number of hydrogen-bond acceptors (Lipinski definition) is 4. The maximum absolute atomic E-state index is 12.6. The molecule has 2 aliphatic heterocycles. The molecule has 0 aromatic carbocycles. The molecule has 2 fully saturated rings. The summed E-state index contributed by atoms with van der Waals surface area (Å²) >= 11 is 0. The van der Waals surface area contributed by atoms with Gasteiger partial charge in [-0.2, -0.15) is 0 Å². The highest BCUT2D eigenvalue weighted by molar-refractivity contribution is 5.79. The smallest absolute Gasteiger partial charge is 0.225 e. The van der Waals surface area contributed by atoms with Gasteiger partial charge in [0.05, 0.1) is 12.7 Å². The molecule has 1 amide bonds. The van der Waals surface area contributed by atoms with Gasteiger partial charge in [0.25, 0.3) is 0 Å². The van der Waals surface area contributed by atoms with Crippen molar-refractivity contribution in [3.8, 4) is 0 Å². The second-order valence-electron chi connectivity index (χ2n) is 6.11. The topological polar surface area (TPSA) is 51.7 Å². The predicted molar refractivity (Wildman–Crippen MR) is 82.2 cm³/mol. The summed E-state index contributed by atoms with van der Waals surface area (Å²) < 4.78 is 11.3. The van der Waals surface area contributed by atoms with Crippen molar-refractivity contribution >= 4 is 5.91 Å². The van der Waals surface area contributed by atoms with Gasteiger partial charge in [-0.3, -0.25) is 9.78 Å². The molecule has 22 heavy (non-hydrogen) atoms. The molecular weight excluding hydrogens is 280 g/mol. The Morgan fingerprint density at radius 3 is 3.00 bits per heavy atom. The van der Waals surface area contributed by atoms with Crippen molar-refractivity contribution in [3.05, 3.63) is 30.1 Å². The Balaban J connectivity index is 1.49. The molecule has 1 aromatic heterocycles. The van der Waals surface area contributed by atoms with E-state index in [-0.39, 0.29) is 17.9 Å². The zero-order chi connectivity index (χ0) is 15.2. The Morgan fingerprint density at radius 2 is 2.23 bits per heavy atom. The van der Waals surface area contributed by atoms with Crippen molar-refractivity contribution in [2.24, 2.45) is 5.92 Å². The van der Waals surface area contributed by atoms with E-state index in [1.165, 1.54) is 0 Å². The minimum Gasteiger partial charge on any atom is -0.381 e. The molecule has 0 saturated carbocycles. The number of piperidine rings is 1. The lowest BCUT2D eigenvalue weighted by molar-refractivity contribution is -0.142. The summed E-state index contributed by atoms with van der Waals surface area (Å²) in [5, 5.41) is 0. The number of nitrogens with zero attached hydrogens (tertiary/aromatic N) is 2. The first-order valence-electron chi connectivity index (χ1n) is 8.20. The van der Waals surface area contributed by atoms with E-state index in [4.69, 9.17) is 9.47 Å². The molecule has 0 spiro atoms. The maximum atomic E-state index is 12.6. The first kappa shape index (κ1) is 15.4. The molecule has 2 aliphatic rings. The van der Waals surface area contributed by atoms with Gasteiger partial charge in [0.1, 0.15) is 0 Å². The molecule has 1 atom stereocenters. The Kier molecular flexibility index (Phi) is 5.40. The van der Waals surface area contributed by atoms with Crippen LogP contribution in [0.4, 0.5) is 0 Å². The van der Waals surface area contributed by atoms with Crippen molar-refractivity contribution < 1.29 is 14.3 Å². The van der Waals surface area contributed by atoms with Crippen LogP contribution < -0.4 is 0 Å². The predicted octanol–water partition coefficient (Wildman–Crippen LogP) is 2.02. The number of amides is 1. The van der Waals surface area contributed by atoms with E-state index >= 15 is 0 Å². The van der Waals surface area contributed by atoms with Crippen LogP contribution in [0.25, 0.3) is 0 Å². The SMILES string of the molecule is O=C(C1CCOCC1)N1CCC[C@@H](OCc2cccnc2)C1. The molecule has 0 N–H and O–H groups in total. The summed E-state index contributed by atoms with van der Waals surface area (Å²) in [5.74, 6) is 0.434. The molecule has 0 aliphatic carbocycles. The number of hydrogen-bond donors (Lipinski definition) is 0. The molecule has 5 heteroatoms. The zero-order valence-corrected chi connectivity index (χ0v) is 12.9. The molecule has 3 rings (SSSR count). The van der Waals surface area contributed by atoms with E-state index in [1.807, 2.05) is 23.2 Å². The van der Waals surface area contributed by atoms with Crippen LogP contribution in [0.3, 0.4) is 0 Å². The normalized spacial score (nSPS) is 23.5. The fourth-order valence-electron chi connectivity index (χ4n) is 3.17. The van der Waals surface area contributed by atoms with Gasteiger partial charge in [-0.05, 0) is 37.3 Å². The first-order valence-corrected chi connectivity index (χ1v) is 8.20. The molecular formula is C17H24N2O3. The van der Waals surface area contributed by atoms with Gasteiger partial charge in [0.2, 0.25) is 5.91 Å². The van der Waals surface area contributed by atoms with Crippen LogP contribution in [0.2, 0.25) is 0 Å². The Labute approximate surface area is 131 Å². The van der Waals surface area contributed by atoms with Crippen LogP contribution in [0.15, 0.2) is 24.5 Å². The van der Waals surface area contributed by atoms with Gasteiger partial charge in [-0.1, -0.05) is 6.07 Å². The zero-order valence-electron chi connectivity index (χ0n) is 12.9. The Bertz CT molecular complexity index is 474. The number of pyridine rings is 1. The number of ether oxygens (including phenoxy) is 2. The van der Waals surface area contributed by atoms with Crippen molar-refractivity contribution in [2.45, 2.75) is 38.4 Å². The van der Waals surface area contributed by atoms with Crippen molar-refractivity contribution in [1.29, 1.82) is 0 Å². The third-order valence-electron chi connectivity index (χ3n) is 4.47. The standard InChI is InChI=1S/C17H24N2O3/c20-17(15-5-9-21-10-6-15)19-8-2-4-16(12-19)22-13-14-3-1-7-18-11-14/h1,3,7,11,15-16H,2,4-6,8-10,12-13H2/t16-/m1/s1. The fraction of sp³-hybridized carbons (Fsp3) is 0.647. The maximum Gasteiger partial charge on any atom is 0.225 e. The lowest BCUT2D eigenvalue weighted by Gasteiger charge is -2.35. The van der Waals surface area contributed by atoms with Gasteiger partial charge >= 0.3 is 0 Å². The number of rotatable bonds is 4. The lowest BCUT2D eigenvalue weighted by Crippen LogP contribution is -2.46. The van der Waals surface area contributed by atoms with Crippen molar-refractivity contribution in [1.82, 2.24) is 9.88 Å². The third kappa shape index (κ3) is 4.05. The van der Waals surface area contributed by atoms with Gasteiger partial charge in [0, 0.05) is 44.6 Å². The monoisotopic (exact) mass is 304 g/mol. The van der Waals surface area contributed by atoms with Gasteiger partial charge < -0.3 is 14.4 Å². The van der Waals surface area contributed by atoms with Gasteiger partial charge in [-0.25, -0.2) is 0 Å². The molecule has 120 valence electrons. The quantitative estimate of drug-likeness (QED) is 0.854. The van der Waals surface area contributed by atoms with Gasteiger partial charge in [-0.15, -0.1) is 0 Å². The number of aromatic nitrogens is 1. The summed E-state index contributed by atoms with van der Waals surface area (Å²) in [6.07, 6.45) is 7.49. The second-order valence-corrected chi connectivity index (χ2v) is 6.11. The summed E-state index contributed by atoms with van der Waals surface area (Å²) in [5.41, 5.74) is 1.08. The van der Waals surface area contributed by atoms with Crippen LogP contribution in [0.5, 0.6) is 0 Å². The van der Waals surface area contributed by atoms with E-state index in [2.05, 4.69) is 4.98 Å². The lowest BCUT2D eigenvalue weighted by atomic mass is 9.97. The highest BCUT2D eigenvalue weighted by Gasteiger charge is 2.30. The van der Waals surface area contributed by atoms with Crippen LogP contribution in [0, 0.1) is 5.92 Å². The van der Waals surface area contributed by atoms with Crippen molar-refractivity contribution in [3.63, 3.8) is 0 Å². The van der Waals surface area contributed by atoms with Crippen LogP contribution in [0.1, 0.15) is 31.2 Å². The molecule has 0 bridgehead atoms. The average molecular weight is 304 g/mol. The molecule has 0 radical (unpaired) electrons. The molecule has 5 nitrogen and oxygen atoms in total. The highest BCUT2D eigenvalue weighted by Crippen LogP contribution is 2.22. The highest BCUT2D eigenvalue weighted by atomic mass is 16.5. The summed E-state index contributed by atoms with van der Waals surface area (Å²) in [7, 11) is 0. The van der Waals surface area contributed by atoms with Crippen LogP contribution in [-0.4, -0.2) is 48.2 Å². The van der Waals surface area contributed by atoms with E-state index < -0.39 is 0 Å². The summed E-state index contributed by atoms with van der Waals surface area (Å²) in [6, 6.07) is 3.93. The largest absolute Gasteiger partial charge is 0.381 e. The fourth-order valence-corrected chi connectivity index (χ4v) is 3.17. The first-order chi connectivity index (χ1) is 10.8. The van der Waals surface area contributed by atoms with Crippen LogP contribution >= 0.6 is 0 Å². The summed E-state index contributed by atoms with van der Waals surface area (Å²) in [4.78, 5) is 18.7. The molecule has 2 saturated heterocycles.